The van der Waals surface area contributed by atoms with Gasteiger partial charge in [0, 0.05) is 44.2 Å². The molecule has 0 rings (SSSR count). The Balaban J connectivity index is 0. The van der Waals surface area contributed by atoms with Gasteiger partial charge in [-0.05, 0) is 6.42 Å². The van der Waals surface area contributed by atoms with Gasteiger partial charge >= 0.3 is 16.1 Å². The third kappa shape index (κ3) is 10.6. The van der Waals surface area contributed by atoms with Crippen molar-refractivity contribution in [3.8, 4) is 0 Å². The predicted molar refractivity (Wildman–Crippen MR) is 43.2 cm³/mol. The van der Waals surface area contributed by atoms with Gasteiger partial charge in [0.05, 0.1) is 0 Å². The van der Waals surface area contributed by atoms with E-state index >= 15 is 0 Å². The number of rotatable bonds is 4. The largest absolute Gasteiger partial charge is 0.447 e. The van der Waals surface area contributed by atoms with E-state index in [9.17, 15) is 13.2 Å². The summed E-state index contributed by atoms with van der Waals surface area (Å²) in [5.41, 5.74) is 0. The second-order valence-electron chi connectivity index (χ2n) is 1.97. The van der Waals surface area contributed by atoms with Crippen molar-refractivity contribution in [3.63, 3.8) is 0 Å². The van der Waals surface area contributed by atoms with Crippen LogP contribution in [0.15, 0.2) is 0 Å². The fourth-order valence-electron chi connectivity index (χ4n) is 0.416. The van der Waals surface area contributed by atoms with E-state index in [-0.39, 0.29) is 44.2 Å². The molecule has 2 radical (unpaired) electrons. The summed E-state index contributed by atoms with van der Waals surface area (Å²) in [7, 11) is -4.18. The van der Waals surface area contributed by atoms with Crippen molar-refractivity contribution in [2.24, 2.45) is 0 Å². The van der Waals surface area contributed by atoms with E-state index in [1.807, 2.05) is 0 Å². The molecule has 0 aliphatic carbocycles. The van der Waals surface area contributed by atoms with Gasteiger partial charge in [0.25, 0.3) is 0 Å². The van der Waals surface area contributed by atoms with Crippen molar-refractivity contribution in [1.82, 2.24) is 0 Å². The molecule has 68 valence electrons. The van der Waals surface area contributed by atoms with Crippen molar-refractivity contribution in [2.75, 3.05) is 5.94 Å². The molecule has 0 aromatic rings. The molecule has 0 bridgehead atoms. The van der Waals surface area contributed by atoms with Crippen LogP contribution in [0.2, 0.25) is 0 Å². The molecule has 0 atom stereocenters. The second-order valence-corrected chi connectivity index (χ2v) is 3.37. The Morgan fingerprint density at radius 1 is 1.50 bits per heavy atom. The number of carbonyl (C=O) groups excluding carboxylic acids is 1. The fourth-order valence-corrected chi connectivity index (χ4v) is 0.697. The maximum Gasteiger partial charge on any atom is 0.306 e. The molecular formula is C5H10CaO5S. The molecule has 0 aromatic carbocycles. The van der Waals surface area contributed by atoms with Gasteiger partial charge in [-0.15, -0.1) is 0 Å². The molecule has 0 heterocycles. The Morgan fingerprint density at radius 2 is 2.00 bits per heavy atom. The molecule has 0 unspecified atom stereocenters. The first-order chi connectivity index (χ1) is 4.95. The molecule has 0 aromatic heterocycles. The van der Waals surface area contributed by atoms with Gasteiger partial charge < -0.3 is 4.74 Å². The van der Waals surface area contributed by atoms with Crippen LogP contribution in [0.1, 0.15) is 19.8 Å². The average Bonchev–Trinajstić information content (AvgIpc) is 1.83. The summed E-state index contributed by atoms with van der Waals surface area (Å²) in [6.45, 7) is 1.76. The normalized spacial score (nSPS) is 10.2. The first kappa shape index (κ1) is 15.1. The van der Waals surface area contributed by atoms with Gasteiger partial charge in [0.2, 0.25) is 5.94 Å². The zero-order valence-corrected chi connectivity index (χ0v) is 9.84. The van der Waals surface area contributed by atoms with Crippen molar-refractivity contribution in [1.29, 1.82) is 0 Å². The molecule has 0 aliphatic heterocycles. The predicted octanol–water partition coefficient (Wildman–Crippen LogP) is -0.206. The first-order valence-electron chi connectivity index (χ1n) is 3.06. The Kier molecular flexibility index (Phi) is 8.93. The number of ether oxygens (including phenoxy) is 1. The summed E-state index contributed by atoms with van der Waals surface area (Å²) >= 11 is 0. The summed E-state index contributed by atoms with van der Waals surface area (Å²) in [6.07, 6.45) is 0.750. The molecule has 1 N–H and O–H groups in total. The van der Waals surface area contributed by atoms with Crippen molar-refractivity contribution < 1.29 is 22.5 Å². The van der Waals surface area contributed by atoms with Gasteiger partial charge in [-0.3, -0.25) is 9.35 Å². The SMILES string of the molecule is CCCC(=O)OCS(=O)(=O)O.[Ca]. The molecule has 0 saturated carbocycles. The van der Waals surface area contributed by atoms with E-state index in [0.29, 0.717) is 6.42 Å². The number of esters is 1. The van der Waals surface area contributed by atoms with E-state index < -0.39 is 22.0 Å². The number of carbonyl (C=O) groups is 1. The van der Waals surface area contributed by atoms with Gasteiger partial charge in [-0.1, -0.05) is 6.92 Å². The van der Waals surface area contributed by atoms with Gasteiger partial charge in [-0.25, -0.2) is 0 Å². The third-order valence-corrected chi connectivity index (χ3v) is 1.24. The van der Waals surface area contributed by atoms with E-state index in [1.165, 1.54) is 0 Å². The summed E-state index contributed by atoms with van der Waals surface area (Å²) in [5.74, 6) is -1.57. The molecule has 5 nitrogen and oxygen atoms in total. The molecule has 0 spiro atoms. The van der Waals surface area contributed by atoms with E-state index in [1.54, 1.807) is 6.92 Å². The Hall–Kier alpha value is 0.640. The topological polar surface area (TPSA) is 80.7 Å². The fraction of sp³-hybridized carbons (Fsp3) is 0.800. The minimum absolute atomic E-state index is 0. The van der Waals surface area contributed by atoms with Gasteiger partial charge in [0.1, 0.15) is 0 Å². The zero-order valence-electron chi connectivity index (χ0n) is 6.82. The maximum atomic E-state index is 10.5. The zero-order chi connectivity index (χ0) is 8.91. The van der Waals surface area contributed by atoms with Crippen LogP contribution in [0.3, 0.4) is 0 Å². The van der Waals surface area contributed by atoms with Crippen LogP contribution >= 0.6 is 0 Å². The number of hydrogen-bond donors (Lipinski definition) is 1. The van der Waals surface area contributed by atoms with E-state index in [0.717, 1.165) is 0 Å². The van der Waals surface area contributed by atoms with Gasteiger partial charge in [-0.2, -0.15) is 8.42 Å². The molecule has 0 aliphatic rings. The van der Waals surface area contributed by atoms with Gasteiger partial charge in [0.15, 0.2) is 0 Å². The van der Waals surface area contributed by atoms with E-state index in [4.69, 9.17) is 4.55 Å². The molecule has 7 heteroatoms. The summed E-state index contributed by atoms with van der Waals surface area (Å²) < 4.78 is 32.3. The maximum absolute atomic E-state index is 10.5. The Morgan fingerprint density at radius 3 is 2.33 bits per heavy atom. The van der Waals surface area contributed by atoms with Crippen LogP contribution in [0.4, 0.5) is 0 Å². The van der Waals surface area contributed by atoms with Crippen LogP contribution in [-0.2, 0) is 19.6 Å². The quantitative estimate of drug-likeness (QED) is 0.404. The van der Waals surface area contributed by atoms with E-state index in [2.05, 4.69) is 4.74 Å². The molecule has 0 amide bonds. The minimum atomic E-state index is -4.18. The first-order valence-corrected chi connectivity index (χ1v) is 4.67. The van der Waals surface area contributed by atoms with Crippen LogP contribution in [0, 0.1) is 0 Å². The van der Waals surface area contributed by atoms with Crippen molar-refractivity contribution in [2.45, 2.75) is 19.8 Å². The summed E-state index contributed by atoms with van der Waals surface area (Å²) in [4.78, 5) is 10.5. The second kappa shape index (κ2) is 7.08. The smallest absolute Gasteiger partial charge is 0.306 e. The average molecular weight is 222 g/mol. The van der Waals surface area contributed by atoms with Crippen LogP contribution < -0.4 is 0 Å². The Labute approximate surface area is 101 Å². The minimum Gasteiger partial charge on any atom is -0.447 e. The summed E-state index contributed by atoms with van der Waals surface area (Å²) in [6, 6.07) is 0. The third-order valence-electron chi connectivity index (χ3n) is 0.823. The number of hydrogen-bond acceptors (Lipinski definition) is 4. The van der Waals surface area contributed by atoms with Crippen LogP contribution in [0.25, 0.3) is 0 Å². The standard InChI is InChI=1S/C5H10O5S.Ca/c1-2-3-5(6)10-4-11(7,8)9;/h2-4H2,1H3,(H,7,8,9);. The molecular weight excluding hydrogens is 212 g/mol. The van der Waals surface area contributed by atoms with Crippen LogP contribution in [-0.4, -0.2) is 62.6 Å². The monoisotopic (exact) mass is 222 g/mol. The Bertz CT molecular complexity index is 222. The molecule has 12 heavy (non-hydrogen) atoms. The molecule has 0 saturated heterocycles. The van der Waals surface area contributed by atoms with Crippen LogP contribution in [0.5, 0.6) is 0 Å². The molecule has 0 fully saturated rings. The van der Waals surface area contributed by atoms with Crippen molar-refractivity contribution >= 4 is 53.8 Å². The van der Waals surface area contributed by atoms with Crippen molar-refractivity contribution in [3.05, 3.63) is 0 Å². The summed E-state index contributed by atoms with van der Waals surface area (Å²) in [5, 5.41) is 0.